The first-order valence-corrected chi connectivity index (χ1v) is 14.3. The Morgan fingerprint density at radius 1 is 0.973 bits per heavy atom. The zero-order valence-electron chi connectivity index (χ0n) is 20.2. The van der Waals surface area contributed by atoms with Gasteiger partial charge in [-0.2, -0.15) is 0 Å². The number of hydrogen-bond donors (Lipinski definition) is 0. The van der Waals surface area contributed by atoms with E-state index < -0.39 is 11.9 Å². The van der Waals surface area contributed by atoms with Crippen molar-refractivity contribution in [2.45, 2.75) is 42.8 Å². The van der Waals surface area contributed by atoms with E-state index in [-0.39, 0.29) is 52.2 Å². The summed E-state index contributed by atoms with van der Waals surface area (Å²) in [6.07, 6.45) is 1.25. The molecule has 1 aliphatic carbocycles. The third-order valence-electron chi connectivity index (χ3n) is 7.53. The van der Waals surface area contributed by atoms with E-state index in [4.69, 9.17) is 16.3 Å². The van der Waals surface area contributed by atoms with Gasteiger partial charge in [-0.15, -0.1) is 0 Å². The first-order chi connectivity index (χ1) is 17.6. The molecule has 5 atom stereocenters. The summed E-state index contributed by atoms with van der Waals surface area (Å²) >= 11 is 13.4. The van der Waals surface area contributed by atoms with Gasteiger partial charge in [0, 0.05) is 33.3 Å². The van der Waals surface area contributed by atoms with E-state index in [9.17, 15) is 19.2 Å². The van der Waals surface area contributed by atoms with Gasteiger partial charge < -0.3 is 9.64 Å². The van der Waals surface area contributed by atoms with E-state index in [0.717, 1.165) is 5.56 Å². The van der Waals surface area contributed by atoms with Crippen LogP contribution in [0, 0.1) is 31.6 Å². The number of nitrogens with zero attached hydrogens (tertiary/aromatic N) is 2. The molecule has 3 aliphatic rings. The summed E-state index contributed by atoms with van der Waals surface area (Å²) in [5.74, 6) is -2.04. The summed E-state index contributed by atoms with van der Waals surface area (Å²) in [6, 6.07) is 10.2. The second kappa shape index (κ2) is 10.2. The van der Waals surface area contributed by atoms with Gasteiger partial charge in [0.25, 0.3) is 0 Å². The number of hydrogen-bond acceptors (Lipinski definition) is 5. The molecule has 0 aromatic heterocycles. The zero-order valence-corrected chi connectivity index (χ0v) is 24.2. The van der Waals surface area contributed by atoms with Crippen LogP contribution in [0.4, 0.5) is 11.4 Å². The average molecular weight is 653 g/mol. The van der Waals surface area contributed by atoms with Gasteiger partial charge in [-0.3, -0.25) is 19.2 Å². The monoisotopic (exact) mass is 650 g/mol. The number of imide groups is 1. The molecule has 3 fully saturated rings. The van der Waals surface area contributed by atoms with Crippen molar-refractivity contribution in [3.05, 3.63) is 52.5 Å². The number of benzene rings is 2. The van der Waals surface area contributed by atoms with Gasteiger partial charge in [-0.05, 0) is 68.1 Å². The molecule has 194 valence electrons. The molecular weight excluding hydrogens is 628 g/mol. The molecule has 2 aliphatic heterocycles. The molecule has 2 heterocycles. The Labute approximate surface area is 236 Å². The molecule has 2 aromatic rings. The number of rotatable bonds is 4. The van der Waals surface area contributed by atoms with Crippen LogP contribution in [0.25, 0.3) is 0 Å². The molecule has 7 nitrogen and oxygen atoms in total. The predicted octanol–water partition coefficient (Wildman–Crippen LogP) is 5.34. The number of anilines is 2. The topological polar surface area (TPSA) is 84.0 Å². The van der Waals surface area contributed by atoms with Gasteiger partial charge >= 0.3 is 5.97 Å². The van der Waals surface area contributed by atoms with Crippen molar-refractivity contribution in [1.82, 2.24) is 0 Å². The second-order valence-electron chi connectivity index (χ2n) is 9.89. The Morgan fingerprint density at radius 3 is 2.24 bits per heavy atom. The lowest BCUT2D eigenvalue weighted by Gasteiger charge is -2.29. The van der Waals surface area contributed by atoms with Crippen LogP contribution in [0.3, 0.4) is 0 Å². The molecule has 2 aromatic carbocycles. The number of halogens is 3. The maximum Gasteiger partial charge on any atom is 0.316 e. The quantitative estimate of drug-likeness (QED) is 0.193. The first-order valence-electron chi connectivity index (χ1n) is 12.1. The van der Waals surface area contributed by atoms with Crippen LogP contribution in [-0.2, 0) is 19.2 Å². The number of fused-ring (bicyclic) bond motifs is 1. The Morgan fingerprint density at radius 2 is 1.62 bits per heavy atom. The number of alkyl halides is 2. The molecule has 0 N–H and O–H groups in total. The van der Waals surface area contributed by atoms with E-state index in [2.05, 4.69) is 31.9 Å². The van der Waals surface area contributed by atoms with Crippen molar-refractivity contribution in [3.8, 4) is 5.75 Å². The summed E-state index contributed by atoms with van der Waals surface area (Å²) in [6.45, 7) is 3.82. The fourth-order valence-electron chi connectivity index (χ4n) is 5.46. The number of carbonyl (C=O) groups is 4. The summed E-state index contributed by atoms with van der Waals surface area (Å²) in [7, 11) is 0. The molecule has 10 heteroatoms. The molecular formula is C27H25Br2ClN2O5. The Kier molecular flexibility index (Phi) is 7.24. The van der Waals surface area contributed by atoms with Crippen LogP contribution in [0.15, 0.2) is 36.4 Å². The summed E-state index contributed by atoms with van der Waals surface area (Å²) in [5.41, 5.74) is 2.61. The van der Waals surface area contributed by atoms with Crippen molar-refractivity contribution in [2.24, 2.45) is 17.8 Å². The average Bonchev–Trinajstić information content (AvgIpc) is 3.34. The van der Waals surface area contributed by atoms with Crippen LogP contribution in [-0.4, -0.2) is 39.9 Å². The Hall–Kier alpha value is -2.23. The highest BCUT2D eigenvalue weighted by Gasteiger charge is 2.52. The fraction of sp³-hybridized carbons (Fsp3) is 0.407. The second-order valence-corrected chi connectivity index (χ2v) is 12.6. The number of esters is 1. The standard InChI is InChI=1S/C27H25Br2ClN2O5/c1-13-8-16(6-7-22(13)32-25(34)17-10-19(28)20(29)11-18(17)26(32)35)37-27(36)15-9-24(33)31(12-15)23-5-3-4-21(30)14(23)2/h3-8,15,17-20H,9-12H2,1-2H3/t15-,17-,18-,19+,20+/m1/s1. The lowest BCUT2D eigenvalue weighted by Crippen LogP contribution is -2.34. The molecule has 3 amide bonds. The van der Waals surface area contributed by atoms with Crippen molar-refractivity contribution < 1.29 is 23.9 Å². The third kappa shape index (κ3) is 4.74. The molecule has 0 spiro atoms. The van der Waals surface area contributed by atoms with Gasteiger partial charge in [0.1, 0.15) is 5.75 Å². The molecule has 1 saturated carbocycles. The SMILES string of the molecule is Cc1cc(OC(=O)[C@@H]2CC(=O)N(c3cccc(Cl)c3C)C2)ccc1N1C(=O)[C@@H]2C[C@H](Br)[C@@H](Br)C[C@H]2C1=O. The van der Waals surface area contributed by atoms with Crippen molar-refractivity contribution in [2.75, 3.05) is 16.3 Å². The van der Waals surface area contributed by atoms with Gasteiger partial charge in [0.15, 0.2) is 0 Å². The number of amides is 3. The number of ether oxygens (including phenoxy) is 1. The highest BCUT2D eigenvalue weighted by Crippen LogP contribution is 2.45. The molecule has 5 rings (SSSR count). The highest BCUT2D eigenvalue weighted by molar-refractivity contribution is 9.12. The predicted molar refractivity (Wildman–Crippen MR) is 148 cm³/mol. The summed E-state index contributed by atoms with van der Waals surface area (Å²) in [4.78, 5) is 55.0. The van der Waals surface area contributed by atoms with E-state index in [1.807, 2.05) is 13.0 Å². The molecule has 2 saturated heterocycles. The molecule has 0 bridgehead atoms. The Balaban J connectivity index is 1.29. The van der Waals surface area contributed by atoms with Crippen LogP contribution in [0.1, 0.15) is 30.4 Å². The minimum atomic E-state index is -0.620. The summed E-state index contributed by atoms with van der Waals surface area (Å²) in [5, 5.41) is 0.556. The van der Waals surface area contributed by atoms with Crippen LogP contribution in [0.2, 0.25) is 5.02 Å². The maximum absolute atomic E-state index is 13.2. The molecule has 0 radical (unpaired) electrons. The minimum absolute atomic E-state index is 0.0462. The molecule has 37 heavy (non-hydrogen) atoms. The molecule has 0 unspecified atom stereocenters. The van der Waals surface area contributed by atoms with Crippen LogP contribution < -0.4 is 14.5 Å². The normalized spacial score (nSPS) is 27.6. The van der Waals surface area contributed by atoms with Crippen molar-refractivity contribution in [3.63, 3.8) is 0 Å². The van der Waals surface area contributed by atoms with Crippen molar-refractivity contribution in [1.29, 1.82) is 0 Å². The minimum Gasteiger partial charge on any atom is -0.426 e. The highest BCUT2D eigenvalue weighted by atomic mass is 79.9. The van der Waals surface area contributed by atoms with Gasteiger partial charge in [0.05, 0.1) is 23.4 Å². The summed E-state index contributed by atoms with van der Waals surface area (Å²) < 4.78 is 5.62. The third-order valence-corrected chi connectivity index (χ3v) is 10.7. The lowest BCUT2D eigenvalue weighted by atomic mass is 9.81. The van der Waals surface area contributed by atoms with E-state index >= 15 is 0 Å². The first kappa shape index (κ1) is 26.4. The zero-order chi connectivity index (χ0) is 26.6. The Bertz CT molecular complexity index is 1290. The van der Waals surface area contributed by atoms with E-state index in [1.165, 1.54) is 4.90 Å². The smallest absolute Gasteiger partial charge is 0.316 e. The van der Waals surface area contributed by atoms with Crippen LogP contribution >= 0.6 is 43.5 Å². The maximum atomic E-state index is 13.2. The van der Waals surface area contributed by atoms with Gasteiger partial charge in [0.2, 0.25) is 17.7 Å². The largest absolute Gasteiger partial charge is 0.426 e. The van der Waals surface area contributed by atoms with Crippen molar-refractivity contribution >= 4 is 78.5 Å². The lowest BCUT2D eigenvalue weighted by molar-refractivity contribution is -0.139. The van der Waals surface area contributed by atoms with Crippen LogP contribution in [0.5, 0.6) is 5.75 Å². The van der Waals surface area contributed by atoms with Gasteiger partial charge in [-0.25, -0.2) is 4.90 Å². The van der Waals surface area contributed by atoms with E-state index in [1.54, 1.807) is 42.2 Å². The number of aryl methyl sites for hydroxylation is 1. The van der Waals surface area contributed by atoms with Gasteiger partial charge in [-0.1, -0.05) is 49.5 Å². The fourth-order valence-corrected chi connectivity index (χ4v) is 6.87. The van der Waals surface area contributed by atoms with E-state index in [0.29, 0.717) is 40.6 Å². The number of carbonyl (C=O) groups excluding carboxylic acids is 4.